The molecule has 21 heavy (non-hydrogen) atoms. The van der Waals surface area contributed by atoms with Crippen LogP contribution >= 0.6 is 11.3 Å². The fourth-order valence-corrected chi connectivity index (χ4v) is 3.62. The molecule has 1 amide bonds. The van der Waals surface area contributed by atoms with Crippen molar-refractivity contribution in [3.63, 3.8) is 0 Å². The zero-order chi connectivity index (χ0) is 14.4. The molecule has 0 saturated carbocycles. The van der Waals surface area contributed by atoms with Crippen molar-refractivity contribution in [3.05, 3.63) is 45.6 Å². The van der Waals surface area contributed by atoms with Crippen molar-refractivity contribution in [2.45, 2.75) is 25.9 Å². The summed E-state index contributed by atoms with van der Waals surface area (Å²) in [4.78, 5) is 15.3. The third kappa shape index (κ3) is 2.08. The molecule has 108 valence electrons. The predicted molar refractivity (Wildman–Crippen MR) is 79.9 cm³/mol. The maximum atomic E-state index is 12.6. The van der Waals surface area contributed by atoms with Gasteiger partial charge in [0.25, 0.3) is 5.91 Å². The lowest BCUT2D eigenvalue weighted by atomic mass is 9.94. The van der Waals surface area contributed by atoms with Crippen LogP contribution in [0.4, 0.5) is 0 Å². The highest BCUT2D eigenvalue weighted by atomic mass is 32.1. The van der Waals surface area contributed by atoms with Crippen molar-refractivity contribution in [1.82, 2.24) is 4.90 Å². The zero-order valence-electron chi connectivity index (χ0n) is 11.7. The largest absolute Gasteiger partial charge is 0.454 e. The molecule has 1 atom stereocenters. The van der Waals surface area contributed by atoms with E-state index in [0.717, 1.165) is 28.4 Å². The SMILES string of the molecule is CC1Cc2cc3c(cc2CN1C(=O)c1cccs1)OCO3. The molecule has 0 N–H and O–H groups in total. The van der Waals surface area contributed by atoms with E-state index in [-0.39, 0.29) is 18.7 Å². The Morgan fingerprint density at radius 3 is 2.76 bits per heavy atom. The Morgan fingerprint density at radius 1 is 1.29 bits per heavy atom. The Bertz CT molecular complexity index is 696. The van der Waals surface area contributed by atoms with Gasteiger partial charge in [-0.25, -0.2) is 0 Å². The summed E-state index contributed by atoms with van der Waals surface area (Å²) in [6.45, 7) is 3.01. The molecule has 5 heteroatoms. The average molecular weight is 301 g/mol. The van der Waals surface area contributed by atoms with Gasteiger partial charge in [-0.05, 0) is 48.1 Å². The number of fused-ring (bicyclic) bond motifs is 2. The first-order valence-corrected chi connectivity index (χ1v) is 7.86. The van der Waals surface area contributed by atoms with Gasteiger partial charge in [-0.1, -0.05) is 6.07 Å². The second-order valence-corrected chi connectivity index (χ2v) is 6.39. The van der Waals surface area contributed by atoms with Gasteiger partial charge < -0.3 is 14.4 Å². The summed E-state index contributed by atoms with van der Waals surface area (Å²) in [7, 11) is 0. The van der Waals surface area contributed by atoms with Gasteiger partial charge in [0.2, 0.25) is 6.79 Å². The Labute approximate surface area is 126 Å². The molecule has 0 saturated heterocycles. The van der Waals surface area contributed by atoms with Crippen molar-refractivity contribution in [3.8, 4) is 11.5 Å². The van der Waals surface area contributed by atoms with Crippen LogP contribution in [0.5, 0.6) is 11.5 Å². The molecule has 4 rings (SSSR count). The number of hydrogen-bond donors (Lipinski definition) is 0. The third-order valence-corrected chi connectivity index (χ3v) is 4.93. The Balaban J connectivity index is 1.67. The predicted octanol–water partition coefficient (Wildman–Crippen LogP) is 3.06. The van der Waals surface area contributed by atoms with Crippen molar-refractivity contribution in [1.29, 1.82) is 0 Å². The van der Waals surface area contributed by atoms with Crippen LogP contribution in [-0.2, 0) is 13.0 Å². The highest BCUT2D eigenvalue weighted by Crippen LogP contribution is 2.38. The van der Waals surface area contributed by atoms with E-state index in [1.165, 1.54) is 16.9 Å². The number of carbonyl (C=O) groups is 1. The van der Waals surface area contributed by atoms with E-state index in [9.17, 15) is 4.79 Å². The highest BCUT2D eigenvalue weighted by Gasteiger charge is 2.30. The van der Waals surface area contributed by atoms with Gasteiger partial charge in [0.1, 0.15) is 0 Å². The molecule has 1 aromatic heterocycles. The fourth-order valence-electron chi connectivity index (χ4n) is 2.94. The monoisotopic (exact) mass is 301 g/mol. The van der Waals surface area contributed by atoms with Gasteiger partial charge >= 0.3 is 0 Å². The number of amides is 1. The molecule has 0 spiro atoms. The lowest BCUT2D eigenvalue weighted by Crippen LogP contribution is -2.42. The second-order valence-electron chi connectivity index (χ2n) is 5.44. The van der Waals surface area contributed by atoms with Gasteiger partial charge in [0.05, 0.1) is 4.88 Å². The van der Waals surface area contributed by atoms with Crippen molar-refractivity contribution in [2.24, 2.45) is 0 Å². The summed E-state index contributed by atoms with van der Waals surface area (Å²) in [5.74, 6) is 1.71. The minimum atomic E-state index is 0.112. The zero-order valence-corrected chi connectivity index (χ0v) is 12.5. The van der Waals surface area contributed by atoms with Crippen LogP contribution < -0.4 is 9.47 Å². The van der Waals surface area contributed by atoms with Crippen LogP contribution in [0.25, 0.3) is 0 Å². The first-order valence-electron chi connectivity index (χ1n) is 6.98. The van der Waals surface area contributed by atoms with E-state index >= 15 is 0 Å². The number of nitrogens with zero attached hydrogens (tertiary/aromatic N) is 1. The van der Waals surface area contributed by atoms with E-state index in [1.54, 1.807) is 0 Å². The van der Waals surface area contributed by atoms with E-state index in [2.05, 4.69) is 13.0 Å². The molecule has 3 heterocycles. The molecule has 0 radical (unpaired) electrons. The Morgan fingerprint density at radius 2 is 2.05 bits per heavy atom. The summed E-state index contributed by atoms with van der Waals surface area (Å²) in [6, 6.07) is 8.06. The molecular formula is C16H15NO3S. The van der Waals surface area contributed by atoms with Crippen LogP contribution in [0.15, 0.2) is 29.6 Å². The van der Waals surface area contributed by atoms with Crippen LogP contribution in [-0.4, -0.2) is 23.6 Å². The Kier molecular flexibility index (Phi) is 2.89. The molecule has 0 bridgehead atoms. The topological polar surface area (TPSA) is 38.8 Å². The molecule has 2 aromatic rings. The number of rotatable bonds is 1. The third-order valence-electron chi connectivity index (χ3n) is 4.08. The van der Waals surface area contributed by atoms with E-state index in [4.69, 9.17) is 9.47 Å². The van der Waals surface area contributed by atoms with Gasteiger partial charge in [-0.15, -0.1) is 11.3 Å². The van der Waals surface area contributed by atoms with Gasteiger partial charge in [-0.3, -0.25) is 4.79 Å². The van der Waals surface area contributed by atoms with Crippen LogP contribution in [0.3, 0.4) is 0 Å². The molecule has 0 aliphatic carbocycles. The highest BCUT2D eigenvalue weighted by molar-refractivity contribution is 7.12. The first kappa shape index (κ1) is 12.7. The van der Waals surface area contributed by atoms with Gasteiger partial charge in [0.15, 0.2) is 11.5 Å². The summed E-state index contributed by atoms with van der Waals surface area (Å²) in [5, 5.41) is 1.94. The standard InChI is InChI=1S/C16H15NO3S/c1-10-5-11-6-13-14(20-9-19-13)7-12(11)8-17(10)16(18)15-3-2-4-21-15/h2-4,6-7,10H,5,8-9H2,1H3. The lowest BCUT2D eigenvalue weighted by molar-refractivity contribution is 0.0663. The maximum absolute atomic E-state index is 12.6. The first-order chi connectivity index (χ1) is 10.2. The molecular weight excluding hydrogens is 286 g/mol. The number of benzene rings is 1. The second kappa shape index (κ2) is 4.77. The van der Waals surface area contributed by atoms with Crippen LogP contribution in [0.2, 0.25) is 0 Å². The van der Waals surface area contributed by atoms with Crippen LogP contribution in [0.1, 0.15) is 27.7 Å². The smallest absolute Gasteiger partial charge is 0.264 e. The molecule has 1 aromatic carbocycles. The molecule has 2 aliphatic heterocycles. The summed E-state index contributed by atoms with van der Waals surface area (Å²) in [5.41, 5.74) is 2.41. The summed E-state index contributed by atoms with van der Waals surface area (Å²) >= 11 is 1.49. The van der Waals surface area contributed by atoms with Crippen molar-refractivity contribution in [2.75, 3.05) is 6.79 Å². The summed E-state index contributed by atoms with van der Waals surface area (Å²) < 4.78 is 10.9. The number of carbonyl (C=O) groups excluding carboxylic acids is 1. The maximum Gasteiger partial charge on any atom is 0.264 e. The summed E-state index contributed by atoms with van der Waals surface area (Å²) in [6.07, 6.45) is 0.850. The molecule has 0 fully saturated rings. The number of hydrogen-bond acceptors (Lipinski definition) is 4. The molecule has 1 unspecified atom stereocenters. The van der Waals surface area contributed by atoms with Crippen molar-refractivity contribution >= 4 is 17.2 Å². The molecule has 2 aliphatic rings. The number of thiophene rings is 1. The minimum Gasteiger partial charge on any atom is -0.454 e. The lowest BCUT2D eigenvalue weighted by Gasteiger charge is -2.34. The molecule has 4 nitrogen and oxygen atoms in total. The van der Waals surface area contributed by atoms with E-state index in [1.807, 2.05) is 28.5 Å². The van der Waals surface area contributed by atoms with Crippen LogP contribution in [0, 0.1) is 0 Å². The van der Waals surface area contributed by atoms with Gasteiger partial charge in [0, 0.05) is 12.6 Å². The van der Waals surface area contributed by atoms with Gasteiger partial charge in [-0.2, -0.15) is 0 Å². The van der Waals surface area contributed by atoms with Crippen molar-refractivity contribution < 1.29 is 14.3 Å². The van der Waals surface area contributed by atoms with E-state index < -0.39 is 0 Å². The van der Waals surface area contributed by atoms with E-state index in [0.29, 0.717) is 6.54 Å². The quantitative estimate of drug-likeness (QED) is 0.812. The fraction of sp³-hybridized carbons (Fsp3) is 0.312. The minimum absolute atomic E-state index is 0.112. The normalized spacial score (nSPS) is 19.5. The average Bonchev–Trinajstić information content (AvgIpc) is 3.14. The number of ether oxygens (including phenoxy) is 2. The Hall–Kier alpha value is -2.01.